The summed E-state index contributed by atoms with van der Waals surface area (Å²) in [6, 6.07) is 19.6. The number of nitrogens with one attached hydrogen (secondary N) is 2. The third-order valence-electron chi connectivity index (χ3n) is 4.04. The lowest BCUT2D eigenvalue weighted by Crippen LogP contribution is -2.24. The molecule has 0 unspecified atom stereocenters. The monoisotopic (exact) mass is 359 g/mol. The summed E-state index contributed by atoms with van der Waals surface area (Å²) in [6.45, 7) is 0.473. The van der Waals surface area contributed by atoms with Gasteiger partial charge in [-0.2, -0.15) is 11.3 Å². The molecule has 0 aliphatic heterocycles. The van der Waals surface area contributed by atoms with Crippen LogP contribution in [0.15, 0.2) is 71.4 Å². The summed E-state index contributed by atoms with van der Waals surface area (Å²) in [7, 11) is 0. The molecule has 0 spiro atoms. The van der Waals surface area contributed by atoms with Gasteiger partial charge in [-0.1, -0.05) is 42.5 Å². The summed E-state index contributed by atoms with van der Waals surface area (Å²) in [5, 5.41) is 6.99. The molecule has 0 saturated heterocycles. The number of nitrogens with zero attached hydrogens (tertiary/aromatic N) is 1. The van der Waals surface area contributed by atoms with Crippen LogP contribution in [-0.2, 0) is 11.3 Å². The minimum absolute atomic E-state index is 0.154. The number of aromatic nitrogens is 2. The van der Waals surface area contributed by atoms with Gasteiger partial charge in [0, 0.05) is 6.54 Å². The van der Waals surface area contributed by atoms with Crippen LogP contribution in [0, 0.1) is 0 Å². The maximum Gasteiger partial charge on any atom is 0.255 e. The van der Waals surface area contributed by atoms with E-state index in [0.717, 1.165) is 22.2 Å². The Labute approximate surface area is 155 Å². The van der Waals surface area contributed by atoms with E-state index in [9.17, 15) is 4.79 Å². The second-order valence-electron chi connectivity index (χ2n) is 5.89. The molecule has 2 aromatic carbocycles. The first-order chi connectivity index (χ1) is 12.8. The van der Waals surface area contributed by atoms with Crippen molar-refractivity contribution in [3.05, 3.63) is 88.4 Å². The van der Waals surface area contributed by atoms with Gasteiger partial charge in [0.25, 0.3) is 5.91 Å². The van der Waals surface area contributed by atoms with Crippen LogP contribution in [0.3, 0.4) is 0 Å². The highest BCUT2D eigenvalue weighted by atomic mass is 32.1. The summed E-state index contributed by atoms with van der Waals surface area (Å²) in [5.41, 5.74) is 4.32. The van der Waals surface area contributed by atoms with Crippen LogP contribution in [0.2, 0.25) is 0 Å². The predicted molar refractivity (Wildman–Crippen MR) is 107 cm³/mol. The van der Waals surface area contributed by atoms with Gasteiger partial charge in [0.15, 0.2) is 0 Å². The number of carbonyl (C=O) groups excluding carboxylic acids is 1. The maximum absolute atomic E-state index is 12.9. The normalized spacial score (nSPS) is 11.6. The van der Waals surface area contributed by atoms with E-state index < -0.39 is 0 Å². The van der Waals surface area contributed by atoms with Crippen molar-refractivity contribution in [2.75, 3.05) is 0 Å². The number of hydrogen-bond acceptors (Lipinski definition) is 3. The van der Waals surface area contributed by atoms with Crippen LogP contribution in [-0.4, -0.2) is 15.9 Å². The van der Waals surface area contributed by atoms with Crippen molar-refractivity contribution >= 4 is 39.9 Å². The van der Waals surface area contributed by atoms with Gasteiger partial charge in [0.2, 0.25) is 0 Å². The standard InChI is InChI=1S/C21H17N3OS/c25-21(22-13-15-6-2-1-3-7-15)17(12-16-10-11-26-14-16)20-23-18-8-4-5-9-19(18)24-20/h1-12,14H,13H2,(H,22,25)(H,23,24)/b17-12+. The highest BCUT2D eigenvalue weighted by Gasteiger charge is 2.16. The molecule has 0 aliphatic rings. The van der Waals surface area contributed by atoms with Crippen LogP contribution < -0.4 is 5.32 Å². The molecule has 26 heavy (non-hydrogen) atoms. The van der Waals surface area contributed by atoms with Crippen LogP contribution in [0.5, 0.6) is 0 Å². The lowest BCUT2D eigenvalue weighted by Gasteiger charge is -2.07. The zero-order chi connectivity index (χ0) is 17.8. The van der Waals surface area contributed by atoms with Crippen molar-refractivity contribution in [2.45, 2.75) is 6.54 Å². The fourth-order valence-corrected chi connectivity index (χ4v) is 3.34. The number of thiophene rings is 1. The molecule has 0 saturated carbocycles. The van der Waals surface area contributed by atoms with E-state index in [0.29, 0.717) is 17.9 Å². The van der Waals surface area contributed by atoms with Gasteiger partial charge in [-0.3, -0.25) is 4.79 Å². The zero-order valence-corrected chi connectivity index (χ0v) is 14.8. The van der Waals surface area contributed by atoms with Gasteiger partial charge < -0.3 is 10.3 Å². The van der Waals surface area contributed by atoms with Crippen molar-refractivity contribution in [3.8, 4) is 0 Å². The minimum Gasteiger partial charge on any atom is -0.348 e. The topological polar surface area (TPSA) is 57.8 Å². The number of amides is 1. The molecule has 0 fully saturated rings. The maximum atomic E-state index is 12.9. The number of para-hydroxylation sites is 2. The van der Waals surface area contributed by atoms with E-state index in [1.807, 2.05) is 77.5 Å². The summed E-state index contributed by atoms with van der Waals surface area (Å²) in [5.74, 6) is 0.419. The first-order valence-corrected chi connectivity index (χ1v) is 9.25. The molecule has 4 nitrogen and oxygen atoms in total. The van der Waals surface area contributed by atoms with Crippen molar-refractivity contribution in [3.63, 3.8) is 0 Å². The highest BCUT2D eigenvalue weighted by Crippen LogP contribution is 2.21. The van der Waals surface area contributed by atoms with E-state index in [1.54, 1.807) is 11.3 Å². The highest BCUT2D eigenvalue weighted by molar-refractivity contribution is 7.08. The van der Waals surface area contributed by atoms with Gasteiger partial charge in [0.1, 0.15) is 5.82 Å². The Kier molecular flexibility index (Phi) is 4.62. The third kappa shape index (κ3) is 3.58. The van der Waals surface area contributed by atoms with E-state index >= 15 is 0 Å². The molecule has 2 heterocycles. The number of imidazole rings is 1. The lowest BCUT2D eigenvalue weighted by atomic mass is 10.1. The molecule has 128 valence electrons. The fraction of sp³-hybridized carbons (Fsp3) is 0.0476. The van der Waals surface area contributed by atoms with E-state index in [4.69, 9.17) is 0 Å². The second kappa shape index (κ2) is 7.37. The molecule has 2 aromatic heterocycles. The second-order valence-corrected chi connectivity index (χ2v) is 6.67. The lowest BCUT2D eigenvalue weighted by molar-refractivity contribution is -0.115. The fourth-order valence-electron chi connectivity index (χ4n) is 2.72. The Hall–Kier alpha value is -3.18. The van der Waals surface area contributed by atoms with Gasteiger partial charge >= 0.3 is 0 Å². The molecule has 5 heteroatoms. The molecule has 1 amide bonds. The molecular formula is C21H17N3OS. The number of H-pyrrole nitrogens is 1. The Balaban J connectivity index is 1.65. The van der Waals surface area contributed by atoms with Crippen molar-refractivity contribution in [1.82, 2.24) is 15.3 Å². The third-order valence-corrected chi connectivity index (χ3v) is 4.74. The van der Waals surface area contributed by atoms with Crippen molar-refractivity contribution in [1.29, 1.82) is 0 Å². The Morgan fingerprint density at radius 2 is 1.88 bits per heavy atom. The molecule has 0 atom stereocenters. The largest absolute Gasteiger partial charge is 0.348 e. The average molecular weight is 359 g/mol. The average Bonchev–Trinajstić information content (AvgIpc) is 3.34. The Bertz CT molecular complexity index is 1020. The smallest absolute Gasteiger partial charge is 0.255 e. The van der Waals surface area contributed by atoms with Gasteiger partial charge in [0.05, 0.1) is 16.6 Å². The first kappa shape index (κ1) is 16.3. The van der Waals surface area contributed by atoms with Crippen molar-refractivity contribution < 1.29 is 4.79 Å². The van der Waals surface area contributed by atoms with Crippen LogP contribution in [0.4, 0.5) is 0 Å². The van der Waals surface area contributed by atoms with Gasteiger partial charge in [-0.25, -0.2) is 4.98 Å². The van der Waals surface area contributed by atoms with Crippen molar-refractivity contribution in [2.24, 2.45) is 0 Å². The Morgan fingerprint density at radius 3 is 2.65 bits per heavy atom. The number of carbonyl (C=O) groups is 1. The summed E-state index contributed by atoms with van der Waals surface area (Å²) < 4.78 is 0. The first-order valence-electron chi connectivity index (χ1n) is 8.31. The van der Waals surface area contributed by atoms with Crippen LogP contribution in [0.25, 0.3) is 22.7 Å². The molecule has 0 radical (unpaired) electrons. The SMILES string of the molecule is O=C(NCc1ccccc1)/C(=C/c1ccsc1)c1nc2ccccc2[nH]1. The minimum atomic E-state index is -0.154. The quantitative estimate of drug-likeness (QED) is 0.516. The number of rotatable bonds is 5. The molecular weight excluding hydrogens is 342 g/mol. The summed E-state index contributed by atoms with van der Waals surface area (Å²) in [6.07, 6.45) is 1.87. The Morgan fingerprint density at radius 1 is 1.08 bits per heavy atom. The molecule has 2 N–H and O–H groups in total. The zero-order valence-electron chi connectivity index (χ0n) is 14.0. The summed E-state index contributed by atoms with van der Waals surface area (Å²) in [4.78, 5) is 20.7. The number of aromatic amines is 1. The molecule has 4 aromatic rings. The van der Waals surface area contributed by atoms with Crippen LogP contribution in [0.1, 0.15) is 17.0 Å². The van der Waals surface area contributed by atoms with E-state index in [2.05, 4.69) is 15.3 Å². The van der Waals surface area contributed by atoms with Gasteiger partial charge in [-0.15, -0.1) is 0 Å². The molecule has 4 rings (SSSR count). The number of benzene rings is 2. The van der Waals surface area contributed by atoms with Gasteiger partial charge in [-0.05, 0) is 46.2 Å². The molecule has 0 aliphatic carbocycles. The van der Waals surface area contributed by atoms with Crippen LogP contribution >= 0.6 is 11.3 Å². The predicted octanol–water partition coefficient (Wildman–Crippen LogP) is 4.48. The van der Waals surface area contributed by atoms with E-state index in [-0.39, 0.29) is 5.91 Å². The number of hydrogen-bond donors (Lipinski definition) is 2. The van der Waals surface area contributed by atoms with E-state index in [1.165, 1.54) is 0 Å². The summed E-state index contributed by atoms with van der Waals surface area (Å²) >= 11 is 1.60. The molecule has 0 bridgehead atoms. The number of fused-ring (bicyclic) bond motifs is 1.